The van der Waals surface area contributed by atoms with Gasteiger partial charge in [0.2, 0.25) is 0 Å². The Kier molecular flexibility index (Phi) is 4.35. The summed E-state index contributed by atoms with van der Waals surface area (Å²) in [6.07, 6.45) is 8.04. The van der Waals surface area contributed by atoms with E-state index in [0.29, 0.717) is 0 Å². The average molecular weight is 259 g/mol. The first-order valence-electron chi connectivity index (χ1n) is 7.78. The lowest BCUT2D eigenvalue weighted by molar-refractivity contribution is 0.313. The molecule has 2 rings (SSSR count). The van der Waals surface area contributed by atoms with E-state index in [2.05, 4.69) is 57.4 Å². The van der Waals surface area contributed by atoms with Crippen LogP contribution in [0, 0.1) is 0 Å². The lowest BCUT2D eigenvalue weighted by Crippen LogP contribution is -2.39. The van der Waals surface area contributed by atoms with Crippen LogP contribution in [0.1, 0.15) is 70.4 Å². The summed E-state index contributed by atoms with van der Waals surface area (Å²) >= 11 is 0. The summed E-state index contributed by atoms with van der Waals surface area (Å²) in [5.74, 6) is 0. The van der Waals surface area contributed by atoms with Gasteiger partial charge in [-0.15, -0.1) is 0 Å². The van der Waals surface area contributed by atoms with Gasteiger partial charge in [-0.2, -0.15) is 0 Å². The Bertz CT molecular complexity index is 389. The zero-order valence-electron chi connectivity index (χ0n) is 13.1. The van der Waals surface area contributed by atoms with Gasteiger partial charge in [0, 0.05) is 5.54 Å². The van der Waals surface area contributed by atoms with Gasteiger partial charge in [-0.05, 0) is 36.4 Å². The molecule has 1 fully saturated rings. The number of nitrogens with one attached hydrogen (secondary N) is 1. The second-order valence-electron chi connectivity index (χ2n) is 7.07. The van der Waals surface area contributed by atoms with Crippen molar-refractivity contribution in [2.75, 3.05) is 7.05 Å². The first-order valence-corrected chi connectivity index (χ1v) is 7.78. The van der Waals surface area contributed by atoms with Crippen molar-refractivity contribution in [1.82, 2.24) is 5.32 Å². The zero-order valence-corrected chi connectivity index (χ0v) is 13.1. The lowest BCUT2D eigenvalue weighted by atomic mass is 9.80. The van der Waals surface area contributed by atoms with Crippen molar-refractivity contribution in [3.05, 3.63) is 35.4 Å². The maximum atomic E-state index is 3.63. The Balaban J connectivity index is 2.28. The molecule has 19 heavy (non-hydrogen) atoms. The van der Waals surface area contributed by atoms with Crippen LogP contribution in [-0.2, 0) is 11.0 Å². The van der Waals surface area contributed by atoms with Crippen LogP contribution in [0.25, 0.3) is 0 Å². The van der Waals surface area contributed by atoms with E-state index in [0.717, 1.165) is 0 Å². The maximum absolute atomic E-state index is 3.63. The van der Waals surface area contributed by atoms with E-state index in [1.165, 1.54) is 49.7 Å². The van der Waals surface area contributed by atoms with Crippen LogP contribution in [-0.4, -0.2) is 7.05 Å². The highest BCUT2D eigenvalue weighted by atomic mass is 14.9. The highest BCUT2D eigenvalue weighted by Gasteiger charge is 2.31. The van der Waals surface area contributed by atoms with Crippen molar-refractivity contribution >= 4 is 0 Å². The third kappa shape index (κ3) is 3.20. The summed E-state index contributed by atoms with van der Waals surface area (Å²) in [7, 11) is 2.13. The molecule has 0 radical (unpaired) electrons. The predicted molar refractivity (Wildman–Crippen MR) is 83.6 cm³/mol. The van der Waals surface area contributed by atoms with Gasteiger partial charge >= 0.3 is 0 Å². The minimum absolute atomic E-state index is 0.215. The van der Waals surface area contributed by atoms with Crippen LogP contribution in [0.3, 0.4) is 0 Å². The van der Waals surface area contributed by atoms with Gasteiger partial charge in [0.15, 0.2) is 0 Å². The summed E-state index contributed by atoms with van der Waals surface area (Å²) in [4.78, 5) is 0. The lowest BCUT2D eigenvalue weighted by Gasteiger charge is -2.34. The zero-order chi connectivity index (χ0) is 13.9. The molecule has 1 aromatic carbocycles. The highest BCUT2D eigenvalue weighted by Crippen LogP contribution is 2.36. The molecule has 0 amide bonds. The summed E-state index contributed by atoms with van der Waals surface area (Å²) < 4.78 is 0. The van der Waals surface area contributed by atoms with Gasteiger partial charge in [-0.1, -0.05) is 70.7 Å². The van der Waals surface area contributed by atoms with E-state index in [9.17, 15) is 0 Å². The molecule has 1 saturated carbocycles. The fourth-order valence-electron chi connectivity index (χ4n) is 3.30. The molecular weight excluding hydrogens is 230 g/mol. The van der Waals surface area contributed by atoms with Crippen LogP contribution in [0.5, 0.6) is 0 Å². The monoisotopic (exact) mass is 259 g/mol. The van der Waals surface area contributed by atoms with Gasteiger partial charge in [0.25, 0.3) is 0 Å². The number of rotatable bonds is 2. The maximum Gasteiger partial charge on any atom is 0.0432 e. The highest BCUT2D eigenvalue weighted by molar-refractivity contribution is 5.32. The molecule has 106 valence electrons. The Hall–Kier alpha value is -0.820. The molecule has 1 nitrogen and oxygen atoms in total. The van der Waals surface area contributed by atoms with E-state index in [1.54, 1.807) is 0 Å². The predicted octanol–water partition coefficient (Wildman–Crippen LogP) is 4.75. The number of hydrogen-bond donors (Lipinski definition) is 1. The number of hydrogen-bond acceptors (Lipinski definition) is 1. The average Bonchev–Trinajstić information content (AvgIpc) is 2.64. The smallest absolute Gasteiger partial charge is 0.0432 e. The summed E-state index contributed by atoms with van der Waals surface area (Å²) in [6.45, 7) is 6.84. The Labute approximate surface area is 118 Å². The molecule has 0 atom stereocenters. The molecule has 1 aliphatic rings. The third-order valence-electron chi connectivity index (χ3n) is 4.74. The van der Waals surface area contributed by atoms with Gasteiger partial charge in [0.05, 0.1) is 0 Å². The summed E-state index contributed by atoms with van der Waals surface area (Å²) in [5.41, 5.74) is 3.36. The summed E-state index contributed by atoms with van der Waals surface area (Å²) in [5, 5.41) is 3.63. The van der Waals surface area contributed by atoms with Crippen molar-refractivity contribution in [3.63, 3.8) is 0 Å². The van der Waals surface area contributed by atoms with E-state index >= 15 is 0 Å². The molecular formula is C18H29N. The Morgan fingerprint density at radius 3 is 1.84 bits per heavy atom. The summed E-state index contributed by atoms with van der Waals surface area (Å²) in [6, 6.07) is 9.34. The second-order valence-corrected chi connectivity index (χ2v) is 7.07. The second kappa shape index (κ2) is 5.66. The molecule has 0 aliphatic heterocycles. The molecule has 0 aromatic heterocycles. The van der Waals surface area contributed by atoms with Crippen molar-refractivity contribution < 1.29 is 0 Å². The SMILES string of the molecule is CNC1(c2ccc(C(C)(C)C)cc2)CCCCCC1. The molecule has 1 aliphatic carbocycles. The Morgan fingerprint density at radius 1 is 0.895 bits per heavy atom. The van der Waals surface area contributed by atoms with E-state index in [1.807, 2.05) is 0 Å². The van der Waals surface area contributed by atoms with Gasteiger partial charge < -0.3 is 5.32 Å². The molecule has 1 heteroatoms. The third-order valence-corrected chi connectivity index (χ3v) is 4.74. The van der Waals surface area contributed by atoms with Crippen molar-refractivity contribution in [2.24, 2.45) is 0 Å². The molecule has 0 spiro atoms. The fourth-order valence-corrected chi connectivity index (χ4v) is 3.30. The fraction of sp³-hybridized carbons (Fsp3) is 0.667. The van der Waals surface area contributed by atoms with Crippen LogP contribution in [0.15, 0.2) is 24.3 Å². The van der Waals surface area contributed by atoms with Crippen molar-refractivity contribution in [2.45, 2.75) is 70.3 Å². The van der Waals surface area contributed by atoms with Gasteiger partial charge in [0.1, 0.15) is 0 Å². The standard InChI is InChI=1S/C18H29N/c1-17(2,3)15-9-11-16(12-10-15)18(19-4)13-7-5-6-8-14-18/h9-12,19H,5-8,13-14H2,1-4H3. The normalized spacial score (nSPS) is 20.0. The quantitative estimate of drug-likeness (QED) is 0.756. The minimum atomic E-state index is 0.215. The molecule has 0 bridgehead atoms. The molecule has 0 heterocycles. The van der Waals surface area contributed by atoms with Gasteiger partial charge in [-0.3, -0.25) is 0 Å². The van der Waals surface area contributed by atoms with E-state index in [-0.39, 0.29) is 11.0 Å². The molecule has 1 aromatic rings. The minimum Gasteiger partial charge on any atom is -0.310 e. The van der Waals surface area contributed by atoms with Gasteiger partial charge in [-0.25, -0.2) is 0 Å². The van der Waals surface area contributed by atoms with Crippen LogP contribution in [0.2, 0.25) is 0 Å². The first kappa shape index (κ1) is 14.6. The molecule has 1 N–H and O–H groups in total. The van der Waals surface area contributed by atoms with Crippen molar-refractivity contribution in [3.8, 4) is 0 Å². The van der Waals surface area contributed by atoms with E-state index < -0.39 is 0 Å². The molecule has 0 unspecified atom stereocenters. The first-order chi connectivity index (χ1) is 8.98. The number of benzene rings is 1. The Morgan fingerprint density at radius 2 is 1.42 bits per heavy atom. The van der Waals surface area contributed by atoms with Crippen molar-refractivity contribution in [1.29, 1.82) is 0 Å². The van der Waals surface area contributed by atoms with E-state index in [4.69, 9.17) is 0 Å². The van der Waals surface area contributed by atoms with Crippen LogP contribution >= 0.6 is 0 Å². The molecule has 0 saturated heterocycles. The topological polar surface area (TPSA) is 12.0 Å². The largest absolute Gasteiger partial charge is 0.310 e. The van der Waals surface area contributed by atoms with Crippen LogP contribution < -0.4 is 5.32 Å². The van der Waals surface area contributed by atoms with Crippen LogP contribution in [0.4, 0.5) is 0 Å².